The second kappa shape index (κ2) is 10.7. The zero-order chi connectivity index (χ0) is 26.8. The van der Waals surface area contributed by atoms with Gasteiger partial charge in [-0.05, 0) is 66.9 Å². The number of ether oxygens (including phenoxy) is 2. The van der Waals surface area contributed by atoms with Crippen molar-refractivity contribution in [2.45, 2.75) is 29.2 Å². The number of carbonyl (C=O) groups excluding carboxylic acids is 1. The largest absolute Gasteiger partial charge is 0.454 e. The Bertz CT molecular complexity index is 1520. The molecule has 1 saturated heterocycles. The zero-order valence-electron chi connectivity index (χ0n) is 20.4. The summed E-state index contributed by atoms with van der Waals surface area (Å²) < 4.78 is 66.3. The van der Waals surface area contributed by atoms with Crippen LogP contribution in [0.3, 0.4) is 0 Å². The topological polar surface area (TPSA) is 122 Å². The molecule has 1 N–H and O–H groups in total. The summed E-state index contributed by atoms with van der Waals surface area (Å²) in [5.74, 6) is 0.526. The van der Waals surface area contributed by atoms with Crippen LogP contribution < -0.4 is 14.8 Å². The van der Waals surface area contributed by atoms with Crippen LogP contribution in [0.15, 0.2) is 82.6 Å². The molecule has 0 spiro atoms. The summed E-state index contributed by atoms with van der Waals surface area (Å²) in [7, 11) is -7.88. The highest BCUT2D eigenvalue weighted by atomic mass is 32.2. The molecule has 0 aromatic heterocycles. The summed E-state index contributed by atoms with van der Waals surface area (Å²) in [6, 6.07) is 18.9. The zero-order valence-corrected chi connectivity index (χ0v) is 22.1. The summed E-state index contributed by atoms with van der Waals surface area (Å²) in [6.07, 6.45) is 1.59. The smallest absolute Gasteiger partial charge is 0.243 e. The van der Waals surface area contributed by atoms with Gasteiger partial charge in [-0.2, -0.15) is 8.61 Å². The fourth-order valence-electron chi connectivity index (χ4n) is 4.36. The van der Waals surface area contributed by atoms with E-state index < -0.39 is 32.5 Å². The first kappa shape index (κ1) is 26.2. The fraction of sp³-hybridized carbons (Fsp3) is 0.269. The number of anilines is 1. The summed E-state index contributed by atoms with van der Waals surface area (Å²) >= 11 is 0. The van der Waals surface area contributed by atoms with Gasteiger partial charge in [0.15, 0.2) is 11.5 Å². The van der Waals surface area contributed by atoms with E-state index in [1.54, 1.807) is 48.5 Å². The summed E-state index contributed by atoms with van der Waals surface area (Å²) in [4.78, 5) is 12.8. The van der Waals surface area contributed by atoms with Crippen molar-refractivity contribution in [2.75, 3.05) is 31.7 Å². The first-order valence-electron chi connectivity index (χ1n) is 12.1. The molecule has 2 heterocycles. The Morgan fingerprint density at radius 2 is 1.50 bits per heavy atom. The molecule has 0 unspecified atom stereocenters. The number of rotatable bonds is 9. The number of para-hydroxylation sites is 1. The van der Waals surface area contributed by atoms with Gasteiger partial charge in [0.25, 0.3) is 0 Å². The van der Waals surface area contributed by atoms with Crippen LogP contribution in [-0.2, 0) is 31.4 Å². The molecule has 12 heteroatoms. The van der Waals surface area contributed by atoms with E-state index in [-0.39, 0.29) is 23.1 Å². The normalized spacial score (nSPS) is 15.6. The maximum Gasteiger partial charge on any atom is 0.243 e. The van der Waals surface area contributed by atoms with E-state index in [1.165, 1.54) is 28.6 Å². The van der Waals surface area contributed by atoms with Crippen LogP contribution in [0.2, 0.25) is 0 Å². The highest BCUT2D eigenvalue weighted by Crippen LogP contribution is 2.33. The van der Waals surface area contributed by atoms with E-state index in [0.29, 0.717) is 35.8 Å². The van der Waals surface area contributed by atoms with Crippen LogP contribution in [-0.4, -0.2) is 57.8 Å². The van der Waals surface area contributed by atoms with Gasteiger partial charge in [-0.3, -0.25) is 4.79 Å². The summed E-state index contributed by atoms with van der Waals surface area (Å²) in [6.45, 7) is 0.395. The molecule has 0 bridgehead atoms. The van der Waals surface area contributed by atoms with E-state index in [2.05, 4.69) is 5.32 Å². The number of amides is 1. The molecule has 0 atom stereocenters. The Kier molecular flexibility index (Phi) is 7.39. The minimum atomic E-state index is -4.19. The second-order valence-electron chi connectivity index (χ2n) is 8.96. The molecular weight excluding hydrogens is 530 g/mol. The molecule has 1 amide bonds. The highest BCUT2D eigenvalue weighted by molar-refractivity contribution is 7.89. The molecule has 1 fully saturated rings. The van der Waals surface area contributed by atoms with Crippen molar-refractivity contribution in [1.82, 2.24) is 8.61 Å². The van der Waals surface area contributed by atoms with E-state index in [4.69, 9.17) is 9.47 Å². The Labute approximate surface area is 221 Å². The van der Waals surface area contributed by atoms with E-state index in [0.717, 1.165) is 17.1 Å². The van der Waals surface area contributed by atoms with Crippen LogP contribution in [0.1, 0.15) is 18.4 Å². The third kappa shape index (κ3) is 5.53. The van der Waals surface area contributed by atoms with Crippen molar-refractivity contribution in [3.05, 3.63) is 78.4 Å². The predicted octanol–water partition coefficient (Wildman–Crippen LogP) is 3.03. The van der Waals surface area contributed by atoms with Crippen molar-refractivity contribution in [3.63, 3.8) is 0 Å². The van der Waals surface area contributed by atoms with Gasteiger partial charge in [0.05, 0.1) is 16.3 Å². The quantitative estimate of drug-likeness (QED) is 0.429. The predicted molar refractivity (Wildman–Crippen MR) is 140 cm³/mol. The molecular formula is C26H27N3O7S2. The molecule has 200 valence electrons. The fourth-order valence-corrected chi connectivity index (χ4v) is 7.26. The number of carbonyl (C=O) groups is 1. The maximum absolute atomic E-state index is 13.7. The minimum Gasteiger partial charge on any atom is -0.454 e. The number of nitrogens with zero attached hydrogens (tertiary/aromatic N) is 2. The standard InChI is InChI=1S/C26H27N3O7S2/c30-26(27-21-6-2-1-3-7-21)18-29(17-20-8-13-24-25(16-20)36-19-35-24)38(33,34)23-11-9-22(10-12-23)37(31,32)28-14-4-5-15-28/h1-3,6-13,16H,4-5,14-15,17-19H2,(H,27,30). The van der Waals surface area contributed by atoms with Gasteiger partial charge < -0.3 is 14.8 Å². The second-order valence-corrected chi connectivity index (χ2v) is 12.8. The lowest BCUT2D eigenvalue weighted by Crippen LogP contribution is -2.37. The van der Waals surface area contributed by atoms with Crippen molar-refractivity contribution < 1.29 is 31.1 Å². The van der Waals surface area contributed by atoms with E-state index in [9.17, 15) is 21.6 Å². The van der Waals surface area contributed by atoms with Gasteiger partial charge in [0.1, 0.15) is 0 Å². The van der Waals surface area contributed by atoms with Crippen LogP contribution in [0.4, 0.5) is 5.69 Å². The average molecular weight is 558 g/mol. The lowest BCUT2D eigenvalue weighted by molar-refractivity contribution is -0.116. The lowest BCUT2D eigenvalue weighted by Gasteiger charge is -2.22. The Balaban J connectivity index is 1.41. The van der Waals surface area contributed by atoms with Gasteiger partial charge >= 0.3 is 0 Å². The highest BCUT2D eigenvalue weighted by Gasteiger charge is 2.30. The summed E-state index contributed by atoms with van der Waals surface area (Å²) in [5, 5.41) is 2.71. The maximum atomic E-state index is 13.7. The first-order valence-corrected chi connectivity index (χ1v) is 15.0. The third-order valence-electron chi connectivity index (χ3n) is 6.34. The Hall–Kier alpha value is -3.45. The average Bonchev–Trinajstić information content (AvgIpc) is 3.62. The molecule has 38 heavy (non-hydrogen) atoms. The van der Waals surface area contributed by atoms with Crippen LogP contribution in [0.25, 0.3) is 0 Å². The molecule has 5 rings (SSSR count). The summed E-state index contributed by atoms with van der Waals surface area (Å²) in [5.41, 5.74) is 1.13. The molecule has 3 aromatic carbocycles. The Morgan fingerprint density at radius 3 is 2.21 bits per heavy atom. The number of sulfonamides is 2. The van der Waals surface area contributed by atoms with Crippen molar-refractivity contribution in [2.24, 2.45) is 0 Å². The van der Waals surface area contributed by atoms with Gasteiger partial charge in [0.2, 0.25) is 32.7 Å². The van der Waals surface area contributed by atoms with Crippen LogP contribution >= 0.6 is 0 Å². The molecule has 2 aliphatic rings. The van der Waals surface area contributed by atoms with Crippen molar-refractivity contribution >= 4 is 31.6 Å². The number of benzene rings is 3. The van der Waals surface area contributed by atoms with Gasteiger partial charge in [0, 0.05) is 25.3 Å². The molecule has 10 nitrogen and oxygen atoms in total. The van der Waals surface area contributed by atoms with Gasteiger partial charge in [-0.1, -0.05) is 24.3 Å². The third-order valence-corrected chi connectivity index (χ3v) is 10.1. The van der Waals surface area contributed by atoms with Gasteiger partial charge in [-0.25, -0.2) is 16.8 Å². The van der Waals surface area contributed by atoms with Crippen molar-refractivity contribution in [3.8, 4) is 11.5 Å². The number of nitrogens with one attached hydrogen (secondary N) is 1. The molecule has 3 aromatic rings. The molecule has 2 aliphatic heterocycles. The number of fused-ring (bicyclic) bond motifs is 1. The van der Waals surface area contributed by atoms with Crippen molar-refractivity contribution in [1.29, 1.82) is 0 Å². The van der Waals surface area contributed by atoms with Gasteiger partial charge in [-0.15, -0.1) is 0 Å². The number of hydrogen-bond donors (Lipinski definition) is 1. The number of hydrogen-bond acceptors (Lipinski definition) is 7. The van der Waals surface area contributed by atoms with Crippen LogP contribution in [0, 0.1) is 0 Å². The van der Waals surface area contributed by atoms with E-state index >= 15 is 0 Å². The van der Waals surface area contributed by atoms with Crippen LogP contribution in [0.5, 0.6) is 11.5 Å². The first-order chi connectivity index (χ1) is 18.2. The Morgan fingerprint density at radius 1 is 0.842 bits per heavy atom. The molecule has 0 saturated carbocycles. The molecule has 0 aliphatic carbocycles. The lowest BCUT2D eigenvalue weighted by atomic mass is 10.2. The van der Waals surface area contributed by atoms with E-state index in [1.807, 2.05) is 0 Å². The molecule has 0 radical (unpaired) electrons. The minimum absolute atomic E-state index is 0.0301. The SMILES string of the molecule is O=C(CN(Cc1ccc2c(c1)OCO2)S(=O)(=O)c1ccc(S(=O)(=O)N2CCCC2)cc1)Nc1ccccc1. The monoisotopic (exact) mass is 557 g/mol.